The Labute approximate surface area is 205 Å². The predicted octanol–water partition coefficient (Wildman–Crippen LogP) is 5.19. The lowest BCUT2D eigenvalue weighted by Gasteiger charge is -2.37. The third-order valence-corrected chi connectivity index (χ3v) is 7.10. The quantitative estimate of drug-likeness (QED) is 0.343. The highest BCUT2D eigenvalue weighted by Gasteiger charge is 2.27. The molecular weight excluding hydrogens is 475 g/mol. The van der Waals surface area contributed by atoms with Crippen LogP contribution >= 0.6 is 22.9 Å². The van der Waals surface area contributed by atoms with Crippen molar-refractivity contribution in [3.05, 3.63) is 71.3 Å². The second-order valence-electron chi connectivity index (χ2n) is 8.05. The van der Waals surface area contributed by atoms with E-state index in [1.807, 2.05) is 11.8 Å². The number of halogens is 2. The van der Waals surface area contributed by atoms with Gasteiger partial charge in [-0.15, -0.1) is 11.3 Å². The highest BCUT2D eigenvalue weighted by molar-refractivity contribution is 7.21. The minimum atomic E-state index is -0.665. The molecule has 0 saturated carbocycles. The molecule has 34 heavy (non-hydrogen) atoms. The average molecular weight is 497 g/mol. The molecular formula is C25H22ClFN4O2S. The van der Waals surface area contributed by atoms with Crippen molar-refractivity contribution < 1.29 is 13.9 Å². The molecule has 9 heteroatoms. The molecule has 1 fully saturated rings. The van der Waals surface area contributed by atoms with Crippen LogP contribution in [-0.4, -0.2) is 53.6 Å². The number of anilines is 1. The maximum absolute atomic E-state index is 13.4. The predicted molar refractivity (Wildman–Crippen MR) is 133 cm³/mol. The second kappa shape index (κ2) is 9.66. The summed E-state index contributed by atoms with van der Waals surface area (Å²) < 4.78 is 19.2. The molecule has 174 valence electrons. The Hall–Kier alpha value is -3.07. The molecule has 6 nitrogen and oxygen atoms in total. The zero-order valence-electron chi connectivity index (χ0n) is 18.4. The Morgan fingerprint density at radius 3 is 2.44 bits per heavy atom. The normalized spacial score (nSPS) is 15.4. The van der Waals surface area contributed by atoms with Crippen molar-refractivity contribution in [1.29, 1.82) is 0 Å². The summed E-state index contributed by atoms with van der Waals surface area (Å²) in [6.07, 6.45) is 0.159. The number of ether oxygens (including phenoxy) is 1. The topological polar surface area (TPSA) is 58.6 Å². The van der Waals surface area contributed by atoms with Gasteiger partial charge in [-0.2, -0.15) is 0 Å². The molecule has 1 saturated heterocycles. The lowest BCUT2D eigenvalue weighted by molar-refractivity contribution is -0.121. The maximum atomic E-state index is 13.4. The molecule has 4 aromatic rings. The molecule has 0 radical (unpaired) electrons. The summed E-state index contributed by atoms with van der Waals surface area (Å²) >= 11 is 7.51. The molecule has 2 aromatic carbocycles. The lowest BCUT2D eigenvalue weighted by atomic mass is 10.1. The summed E-state index contributed by atoms with van der Waals surface area (Å²) in [5.41, 5.74) is 0.950. The summed E-state index contributed by atoms with van der Waals surface area (Å²) in [6.45, 7) is 4.58. The Balaban J connectivity index is 1.34. The average Bonchev–Trinajstić information content (AvgIpc) is 3.28. The molecule has 5 rings (SSSR count). The third kappa shape index (κ3) is 4.75. The molecule has 3 heterocycles. The molecule has 0 N–H and O–H groups in total. The number of rotatable bonds is 6. The summed E-state index contributed by atoms with van der Waals surface area (Å²) in [6, 6.07) is 15.5. The third-order valence-electron chi connectivity index (χ3n) is 5.77. The van der Waals surface area contributed by atoms with Gasteiger partial charge in [0.25, 0.3) is 0 Å². The van der Waals surface area contributed by atoms with E-state index in [4.69, 9.17) is 21.3 Å². The van der Waals surface area contributed by atoms with Crippen molar-refractivity contribution in [1.82, 2.24) is 14.9 Å². The highest BCUT2D eigenvalue weighted by atomic mass is 35.5. The smallest absolute Gasteiger partial charge is 0.209 e. The molecule has 1 aliphatic heterocycles. The van der Waals surface area contributed by atoms with Crippen LogP contribution in [-0.2, 0) is 4.79 Å². The van der Waals surface area contributed by atoms with Gasteiger partial charge in [0.2, 0.25) is 6.23 Å². The van der Waals surface area contributed by atoms with Gasteiger partial charge in [0.05, 0.1) is 5.39 Å². The fourth-order valence-corrected chi connectivity index (χ4v) is 5.24. The van der Waals surface area contributed by atoms with Crippen LogP contribution in [0.3, 0.4) is 0 Å². The second-order valence-corrected chi connectivity index (χ2v) is 9.52. The number of hydrogen-bond acceptors (Lipinski definition) is 7. The molecule has 1 atom stereocenters. The number of aryl methyl sites for hydroxylation is 1. The summed E-state index contributed by atoms with van der Waals surface area (Å²) in [5, 5.41) is 1.60. The van der Waals surface area contributed by atoms with E-state index in [0.29, 0.717) is 42.8 Å². The highest BCUT2D eigenvalue weighted by Crippen LogP contribution is 2.37. The van der Waals surface area contributed by atoms with Crippen molar-refractivity contribution in [2.75, 3.05) is 31.1 Å². The first-order valence-corrected chi connectivity index (χ1v) is 12.1. The Morgan fingerprint density at radius 1 is 1.06 bits per heavy atom. The van der Waals surface area contributed by atoms with Gasteiger partial charge in [0, 0.05) is 36.1 Å². The van der Waals surface area contributed by atoms with Gasteiger partial charge in [-0.25, -0.2) is 14.4 Å². The Kier molecular flexibility index (Phi) is 6.45. The number of nitrogens with zero attached hydrogens (tertiary/aromatic N) is 4. The summed E-state index contributed by atoms with van der Waals surface area (Å²) in [5.74, 6) is 1.93. The fraction of sp³-hybridized carbons (Fsp3) is 0.240. The van der Waals surface area contributed by atoms with Gasteiger partial charge in [-0.1, -0.05) is 23.7 Å². The van der Waals surface area contributed by atoms with Crippen LogP contribution in [0.1, 0.15) is 5.82 Å². The van der Waals surface area contributed by atoms with Crippen molar-refractivity contribution in [3.8, 4) is 16.2 Å². The first-order chi connectivity index (χ1) is 16.5. The SMILES string of the molecule is Cc1nc(N2CCN(C(C=O)Oc3ccc(Cl)cc3)CC2)c2cc(-c3ccc(F)cc3)sc2n1. The first kappa shape index (κ1) is 22.7. The van der Waals surface area contributed by atoms with Gasteiger partial charge < -0.3 is 9.64 Å². The van der Waals surface area contributed by atoms with Crippen LogP contribution in [0.25, 0.3) is 20.7 Å². The van der Waals surface area contributed by atoms with Crippen LogP contribution in [0.5, 0.6) is 5.75 Å². The molecule has 0 amide bonds. The Morgan fingerprint density at radius 2 is 1.76 bits per heavy atom. The minimum Gasteiger partial charge on any atom is -0.468 e. The number of carbonyl (C=O) groups excluding carboxylic acids is 1. The van der Waals surface area contributed by atoms with Crippen LogP contribution in [0.2, 0.25) is 5.02 Å². The van der Waals surface area contributed by atoms with E-state index in [9.17, 15) is 9.18 Å². The summed E-state index contributed by atoms with van der Waals surface area (Å²) in [4.78, 5) is 27.3. The van der Waals surface area contributed by atoms with Crippen LogP contribution in [0, 0.1) is 12.7 Å². The van der Waals surface area contributed by atoms with E-state index in [0.717, 1.165) is 32.8 Å². The lowest BCUT2D eigenvalue weighted by Crippen LogP contribution is -2.53. The van der Waals surface area contributed by atoms with Crippen LogP contribution < -0.4 is 9.64 Å². The monoisotopic (exact) mass is 496 g/mol. The standard InChI is InChI=1S/C25H22ClFN4O2S/c1-16-28-24(21-14-22(34-25(21)29-16)17-2-6-19(27)7-3-17)31-12-10-30(11-13-31)23(15-32)33-20-8-4-18(26)5-9-20/h2-9,14-15,23H,10-13H2,1H3. The fourth-order valence-electron chi connectivity index (χ4n) is 4.04. The molecule has 0 spiro atoms. The van der Waals surface area contributed by atoms with Gasteiger partial charge in [0.1, 0.15) is 28.0 Å². The zero-order chi connectivity index (χ0) is 23.7. The van der Waals surface area contributed by atoms with Gasteiger partial charge >= 0.3 is 0 Å². The van der Waals surface area contributed by atoms with E-state index in [1.54, 1.807) is 47.7 Å². The van der Waals surface area contributed by atoms with E-state index >= 15 is 0 Å². The van der Waals surface area contributed by atoms with E-state index in [-0.39, 0.29) is 5.82 Å². The first-order valence-electron chi connectivity index (χ1n) is 10.9. The van der Waals surface area contributed by atoms with Crippen molar-refractivity contribution >= 4 is 45.3 Å². The minimum absolute atomic E-state index is 0.257. The number of benzene rings is 2. The number of thiophene rings is 1. The molecule has 1 aliphatic rings. The number of hydrogen-bond donors (Lipinski definition) is 0. The largest absolute Gasteiger partial charge is 0.468 e. The van der Waals surface area contributed by atoms with Crippen molar-refractivity contribution in [2.24, 2.45) is 0 Å². The van der Waals surface area contributed by atoms with Crippen molar-refractivity contribution in [3.63, 3.8) is 0 Å². The molecule has 2 aromatic heterocycles. The van der Waals surface area contributed by atoms with Gasteiger partial charge in [-0.3, -0.25) is 9.69 Å². The number of piperazine rings is 1. The van der Waals surface area contributed by atoms with E-state index in [1.165, 1.54) is 12.1 Å². The number of carbonyl (C=O) groups is 1. The number of aldehydes is 1. The van der Waals surface area contributed by atoms with Crippen LogP contribution in [0.4, 0.5) is 10.2 Å². The van der Waals surface area contributed by atoms with Gasteiger partial charge in [-0.05, 0) is 55.0 Å². The molecule has 1 unspecified atom stereocenters. The maximum Gasteiger partial charge on any atom is 0.209 e. The van der Waals surface area contributed by atoms with Crippen LogP contribution in [0.15, 0.2) is 54.6 Å². The number of aromatic nitrogens is 2. The van der Waals surface area contributed by atoms with E-state index in [2.05, 4.69) is 16.0 Å². The molecule has 0 aliphatic carbocycles. The zero-order valence-corrected chi connectivity index (χ0v) is 20.0. The molecule has 0 bridgehead atoms. The van der Waals surface area contributed by atoms with Crippen molar-refractivity contribution in [2.45, 2.75) is 13.2 Å². The summed E-state index contributed by atoms with van der Waals surface area (Å²) in [7, 11) is 0. The van der Waals surface area contributed by atoms with Gasteiger partial charge in [0.15, 0.2) is 6.29 Å². The number of fused-ring (bicyclic) bond motifs is 1. The Bertz CT molecular complexity index is 1310. The van der Waals surface area contributed by atoms with E-state index < -0.39 is 6.23 Å².